The second-order valence-corrected chi connectivity index (χ2v) is 6.63. The van der Waals surface area contributed by atoms with E-state index in [0.717, 1.165) is 24.8 Å². The van der Waals surface area contributed by atoms with E-state index in [-0.39, 0.29) is 17.8 Å². The molecule has 0 aromatic heterocycles. The van der Waals surface area contributed by atoms with Crippen LogP contribution in [0.2, 0.25) is 0 Å². The molecule has 124 valence electrons. The largest absolute Gasteiger partial charge is 0.493 e. The van der Waals surface area contributed by atoms with Crippen LogP contribution < -0.4 is 4.74 Å². The first-order valence-corrected chi connectivity index (χ1v) is 8.06. The van der Waals surface area contributed by atoms with Gasteiger partial charge in [-0.3, -0.25) is 9.59 Å². The third-order valence-corrected chi connectivity index (χ3v) is 5.38. The summed E-state index contributed by atoms with van der Waals surface area (Å²) in [4.78, 5) is 23.8. The number of carboxylic acid groups (broad SMARTS) is 1. The fourth-order valence-corrected chi connectivity index (χ4v) is 3.92. The average molecular weight is 318 g/mol. The number of hydrogen-bond acceptors (Lipinski definition) is 4. The molecular weight excluding hydrogens is 296 g/mol. The van der Waals surface area contributed by atoms with Crippen LogP contribution in [0.25, 0.3) is 0 Å². The van der Waals surface area contributed by atoms with Crippen molar-refractivity contribution in [2.45, 2.75) is 43.9 Å². The maximum absolute atomic E-state index is 12.0. The Morgan fingerprint density at radius 2 is 2.13 bits per heavy atom. The molecular formula is C18H22O5. The highest BCUT2D eigenvalue weighted by Crippen LogP contribution is 2.48. The lowest BCUT2D eigenvalue weighted by molar-refractivity contribution is -0.146. The SMILES string of the molecule is COC(=O)C1CCCC1c1cccc2c1OCCC2(C)C(=O)O. The maximum Gasteiger partial charge on any atom is 0.314 e. The van der Waals surface area contributed by atoms with Gasteiger partial charge in [-0.15, -0.1) is 0 Å². The summed E-state index contributed by atoms with van der Waals surface area (Å²) in [6.07, 6.45) is 3.11. The Kier molecular flexibility index (Phi) is 4.04. The molecule has 2 aliphatic rings. The van der Waals surface area contributed by atoms with Crippen molar-refractivity contribution >= 4 is 11.9 Å². The number of hydrogen-bond donors (Lipinski definition) is 1. The van der Waals surface area contributed by atoms with E-state index in [1.54, 1.807) is 6.92 Å². The van der Waals surface area contributed by atoms with Crippen LogP contribution in [0.15, 0.2) is 18.2 Å². The Hall–Kier alpha value is -2.04. The van der Waals surface area contributed by atoms with Crippen LogP contribution in [0.3, 0.4) is 0 Å². The van der Waals surface area contributed by atoms with Crippen molar-refractivity contribution in [2.75, 3.05) is 13.7 Å². The number of carbonyl (C=O) groups excluding carboxylic acids is 1. The van der Waals surface area contributed by atoms with Gasteiger partial charge in [-0.1, -0.05) is 24.6 Å². The number of benzene rings is 1. The zero-order valence-electron chi connectivity index (χ0n) is 13.5. The number of esters is 1. The summed E-state index contributed by atoms with van der Waals surface area (Å²) in [5.74, 6) is -0.511. The topological polar surface area (TPSA) is 72.8 Å². The second kappa shape index (κ2) is 5.87. The van der Waals surface area contributed by atoms with E-state index >= 15 is 0 Å². The molecule has 1 aliphatic carbocycles. The molecule has 1 aromatic carbocycles. The van der Waals surface area contributed by atoms with Crippen molar-refractivity contribution < 1.29 is 24.2 Å². The van der Waals surface area contributed by atoms with Gasteiger partial charge in [-0.2, -0.15) is 0 Å². The van der Waals surface area contributed by atoms with E-state index in [4.69, 9.17) is 9.47 Å². The summed E-state index contributed by atoms with van der Waals surface area (Å²) in [6.45, 7) is 2.12. The standard InChI is InChI=1S/C18H22O5/c1-18(17(20)21)9-10-23-15-12(6-4-8-14(15)18)11-5-3-7-13(11)16(19)22-2/h4,6,8,11,13H,3,5,7,9-10H2,1-2H3,(H,20,21). The van der Waals surface area contributed by atoms with E-state index in [0.29, 0.717) is 24.3 Å². The van der Waals surface area contributed by atoms with Gasteiger partial charge in [0.2, 0.25) is 0 Å². The number of para-hydroxylation sites is 1. The highest BCUT2D eigenvalue weighted by molar-refractivity contribution is 5.83. The fourth-order valence-electron chi connectivity index (χ4n) is 3.92. The van der Waals surface area contributed by atoms with Crippen molar-refractivity contribution in [1.29, 1.82) is 0 Å². The molecule has 1 N–H and O–H groups in total. The van der Waals surface area contributed by atoms with E-state index in [2.05, 4.69) is 0 Å². The number of methoxy groups -OCH3 is 1. The number of carboxylic acids is 1. The van der Waals surface area contributed by atoms with E-state index in [1.807, 2.05) is 18.2 Å². The number of carbonyl (C=O) groups is 2. The third-order valence-electron chi connectivity index (χ3n) is 5.38. The molecule has 1 fully saturated rings. The summed E-state index contributed by atoms with van der Waals surface area (Å²) >= 11 is 0. The van der Waals surface area contributed by atoms with Crippen LogP contribution in [0, 0.1) is 5.92 Å². The number of aliphatic carboxylic acids is 1. The van der Waals surface area contributed by atoms with E-state index < -0.39 is 11.4 Å². The van der Waals surface area contributed by atoms with Crippen molar-refractivity contribution in [3.63, 3.8) is 0 Å². The molecule has 1 aliphatic heterocycles. The first kappa shape index (κ1) is 15.8. The zero-order chi connectivity index (χ0) is 16.6. The molecule has 0 spiro atoms. The molecule has 0 bridgehead atoms. The molecule has 5 nitrogen and oxygen atoms in total. The van der Waals surface area contributed by atoms with Gasteiger partial charge in [0.25, 0.3) is 0 Å². The summed E-state index contributed by atoms with van der Waals surface area (Å²) in [5.41, 5.74) is 0.718. The molecule has 0 saturated heterocycles. The van der Waals surface area contributed by atoms with Crippen LogP contribution >= 0.6 is 0 Å². The molecule has 3 unspecified atom stereocenters. The van der Waals surface area contributed by atoms with Crippen molar-refractivity contribution in [2.24, 2.45) is 5.92 Å². The lowest BCUT2D eigenvalue weighted by Crippen LogP contribution is -2.38. The lowest BCUT2D eigenvalue weighted by atomic mass is 9.75. The van der Waals surface area contributed by atoms with E-state index in [1.165, 1.54) is 7.11 Å². The van der Waals surface area contributed by atoms with Gasteiger partial charge in [0, 0.05) is 17.9 Å². The predicted octanol–water partition coefficient (Wildman–Crippen LogP) is 2.87. The molecule has 0 amide bonds. The van der Waals surface area contributed by atoms with Gasteiger partial charge in [0.05, 0.1) is 25.0 Å². The van der Waals surface area contributed by atoms with Crippen molar-refractivity contribution in [3.05, 3.63) is 29.3 Å². The van der Waals surface area contributed by atoms with Crippen molar-refractivity contribution in [1.82, 2.24) is 0 Å². The highest BCUT2D eigenvalue weighted by atomic mass is 16.5. The Bertz CT molecular complexity index is 638. The number of rotatable bonds is 3. The second-order valence-electron chi connectivity index (χ2n) is 6.63. The Morgan fingerprint density at radius 3 is 2.83 bits per heavy atom. The molecule has 3 atom stereocenters. The van der Waals surface area contributed by atoms with Crippen LogP contribution in [0.5, 0.6) is 5.75 Å². The Morgan fingerprint density at radius 1 is 1.35 bits per heavy atom. The Balaban J connectivity index is 2.06. The van der Waals surface area contributed by atoms with Crippen LogP contribution in [-0.4, -0.2) is 30.8 Å². The third kappa shape index (κ3) is 2.48. The van der Waals surface area contributed by atoms with Gasteiger partial charge in [-0.25, -0.2) is 0 Å². The summed E-state index contributed by atoms with van der Waals surface area (Å²) < 4.78 is 10.8. The van der Waals surface area contributed by atoms with Gasteiger partial charge >= 0.3 is 11.9 Å². The first-order chi connectivity index (χ1) is 11.0. The molecule has 23 heavy (non-hydrogen) atoms. The minimum atomic E-state index is -0.942. The normalized spacial score (nSPS) is 29.5. The van der Waals surface area contributed by atoms with Gasteiger partial charge < -0.3 is 14.6 Å². The smallest absolute Gasteiger partial charge is 0.314 e. The average Bonchev–Trinajstić information content (AvgIpc) is 3.03. The van der Waals surface area contributed by atoms with Crippen LogP contribution in [0.4, 0.5) is 0 Å². The molecule has 3 rings (SSSR count). The van der Waals surface area contributed by atoms with Crippen LogP contribution in [0.1, 0.15) is 49.7 Å². The van der Waals surface area contributed by atoms with Gasteiger partial charge in [-0.05, 0) is 25.3 Å². The van der Waals surface area contributed by atoms with Gasteiger partial charge in [0.1, 0.15) is 5.75 Å². The van der Waals surface area contributed by atoms with Crippen LogP contribution in [-0.2, 0) is 19.7 Å². The van der Waals surface area contributed by atoms with Crippen molar-refractivity contribution in [3.8, 4) is 5.75 Å². The highest BCUT2D eigenvalue weighted by Gasteiger charge is 2.43. The number of fused-ring (bicyclic) bond motifs is 1. The molecule has 1 aromatic rings. The minimum absolute atomic E-state index is 0.0357. The van der Waals surface area contributed by atoms with Gasteiger partial charge in [0.15, 0.2) is 0 Å². The summed E-state index contributed by atoms with van der Waals surface area (Å²) in [6, 6.07) is 5.66. The summed E-state index contributed by atoms with van der Waals surface area (Å²) in [7, 11) is 1.41. The number of ether oxygens (including phenoxy) is 2. The minimum Gasteiger partial charge on any atom is -0.493 e. The quantitative estimate of drug-likeness (QED) is 0.868. The molecule has 0 radical (unpaired) electrons. The molecule has 1 saturated carbocycles. The molecule has 1 heterocycles. The molecule has 5 heteroatoms. The fraction of sp³-hybridized carbons (Fsp3) is 0.556. The maximum atomic E-state index is 12.0. The summed E-state index contributed by atoms with van der Waals surface area (Å²) in [5, 5.41) is 9.65. The predicted molar refractivity (Wildman–Crippen MR) is 83.6 cm³/mol. The first-order valence-electron chi connectivity index (χ1n) is 8.06. The lowest BCUT2D eigenvalue weighted by Gasteiger charge is -2.34. The Labute approximate surface area is 135 Å². The zero-order valence-corrected chi connectivity index (χ0v) is 13.5. The van der Waals surface area contributed by atoms with E-state index in [9.17, 15) is 14.7 Å². The monoisotopic (exact) mass is 318 g/mol.